The molecule has 24 heavy (non-hydrogen) atoms. The lowest BCUT2D eigenvalue weighted by Crippen LogP contribution is -2.37. The van der Waals surface area contributed by atoms with Gasteiger partial charge in [0.15, 0.2) is 0 Å². The first-order valence-electron chi connectivity index (χ1n) is 7.73. The third kappa shape index (κ3) is 3.82. The monoisotopic (exact) mass is 405 g/mol. The average Bonchev–Trinajstić information content (AvgIpc) is 2.61. The topological polar surface area (TPSA) is 29.5 Å². The summed E-state index contributed by atoms with van der Waals surface area (Å²) in [6, 6.07) is 15.2. The third-order valence-electron chi connectivity index (χ3n) is 3.98. The fourth-order valence-electron chi connectivity index (χ4n) is 2.77. The summed E-state index contributed by atoms with van der Waals surface area (Å²) in [5, 5.41) is 0.644. The van der Waals surface area contributed by atoms with Crippen LogP contribution in [0.4, 0.5) is 4.79 Å². The van der Waals surface area contributed by atoms with Gasteiger partial charge in [0, 0.05) is 21.6 Å². The summed E-state index contributed by atoms with van der Waals surface area (Å²) in [6.07, 6.45) is 4.43. The van der Waals surface area contributed by atoms with Gasteiger partial charge >= 0.3 is 6.09 Å². The summed E-state index contributed by atoms with van der Waals surface area (Å²) in [5.41, 5.74) is 1.88. The van der Waals surface area contributed by atoms with Gasteiger partial charge in [0.2, 0.25) is 0 Å². The van der Waals surface area contributed by atoms with E-state index < -0.39 is 0 Å². The molecule has 1 heterocycles. The fraction of sp³-hybridized carbons (Fsp3) is 0.211. The van der Waals surface area contributed by atoms with Crippen LogP contribution in [-0.2, 0) is 11.3 Å². The van der Waals surface area contributed by atoms with Gasteiger partial charge in [-0.15, -0.1) is 0 Å². The van der Waals surface area contributed by atoms with Crippen molar-refractivity contribution in [1.29, 1.82) is 0 Å². The Bertz CT molecular complexity index is 728. The predicted molar refractivity (Wildman–Crippen MR) is 99.0 cm³/mol. The van der Waals surface area contributed by atoms with Crippen LogP contribution in [0, 0.1) is 0 Å². The minimum absolute atomic E-state index is 0.138. The molecule has 2 aromatic carbocycles. The Morgan fingerprint density at radius 3 is 2.71 bits per heavy atom. The molecule has 0 fully saturated rings. The van der Waals surface area contributed by atoms with Gasteiger partial charge < -0.3 is 4.74 Å². The SMILES string of the molecule is O=C(OCc1ccccc1)N1CC=CCC1c1c(Cl)cccc1Br. The lowest BCUT2D eigenvalue weighted by atomic mass is 9.99. The number of carbonyl (C=O) groups excluding carboxylic acids is 1. The van der Waals surface area contributed by atoms with E-state index in [9.17, 15) is 4.79 Å². The van der Waals surface area contributed by atoms with Crippen molar-refractivity contribution in [3.8, 4) is 0 Å². The normalized spacial score (nSPS) is 16.9. The number of rotatable bonds is 3. The van der Waals surface area contributed by atoms with E-state index >= 15 is 0 Å². The van der Waals surface area contributed by atoms with Crippen molar-refractivity contribution in [2.45, 2.75) is 19.1 Å². The Morgan fingerprint density at radius 1 is 1.17 bits per heavy atom. The maximum absolute atomic E-state index is 12.6. The van der Waals surface area contributed by atoms with Crippen molar-refractivity contribution in [2.75, 3.05) is 6.54 Å². The summed E-state index contributed by atoms with van der Waals surface area (Å²) in [5.74, 6) is 0. The molecule has 0 radical (unpaired) electrons. The van der Waals surface area contributed by atoms with Crippen LogP contribution in [0.1, 0.15) is 23.6 Å². The first-order chi connectivity index (χ1) is 11.7. The summed E-state index contributed by atoms with van der Waals surface area (Å²) >= 11 is 9.92. The van der Waals surface area contributed by atoms with Crippen LogP contribution < -0.4 is 0 Å². The quantitative estimate of drug-likeness (QED) is 0.608. The third-order valence-corrected chi connectivity index (χ3v) is 5.00. The Kier molecular flexibility index (Phi) is 5.59. The van der Waals surface area contributed by atoms with E-state index in [1.807, 2.05) is 54.6 Å². The highest BCUT2D eigenvalue weighted by atomic mass is 79.9. The molecule has 2 aromatic rings. The van der Waals surface area contributed by atoms with Crippen LogP contribution >= 0.6 is 27.5 Å². The van der Waals surface area contributed by atoms with Crippen LogP contribution in [0.5, 0.6) is 0 Å². The van der Waals surface area contributed by atoms with Gasteiger partial charge in [-0.25, -0.2) is 4.79 Å². The second kappa shape index (κ2) is 7.86. The van der Waals surface area contributed by atoms with E-state index in [4.69, 9.17) is 16.3 Å². The van der Waals surface area contributed by atoms with Gasteiger partial charge in [-0.05, 0) is 24.1 Å². The van der Waals surface area contributed by atoms with Crippen molar-refractivity contribution in [3.63, 3.8) is 0 Å². The van der Waals surface area contributed by atoms with E-state index in [1.165, 1.54) is 0 Å². The number of hydrogen-bond donors (Lipinski definition) is 0. The highest BCUT2D eigenvalue weighted by molar-refractivity contribution is 9.10. The predicted octanol–water partition coefficient (Wildman–Crippen LogP) is 5.74. The number of carbonyl (C=O) groups is 1. The van der Waals surface area contributed by atoms with Crippen molar-refractivity contribution in [2.24, 2.45) is 0 Å². The Balaban J connectivity index is 1.77. The van der Waals surface area contributed by atoms with Crippen LogP contribution in [-0.4, -0.2) is 17.5 Å². The number of halogens is 2. The molecule has 0 bridgehead atoms. The van der Waals surface area contributed by atoms with Gasteiger partial charge in [-0.2, -0.15) is 0 Å². The molecule has 0 aromatic heterocycles. The van der Waals surface area contributed by atoms with Gasteiger partial charge in [0.1, 0.15) is 6.61 Å². The minimum atomic E-state index is -0.333. The van der Waals surface area contributed by atoms with Crippen LogP contribution in [0.25, 0.3) is 0 Å². The molecule has 3 rings (SSSR count). The molecule has 1 aliphatic rings. The maximum atomic E-state index is 12.6. The van der Waals surface area contributed by atoms with Gasteiger partial charge in [0.25, 0.3) is 0 Å². The number of hydrogen-bond acceptors (Lipinski definition) is 2. The smallest absolute Gasteiger partial charge is 0.410 e. The Labute approximate surface area is 155 Å². The minimum Gasteiger partial charge on any atom is -0.445 e. The highest BCUT2D eigenvalue weighted by Crippen LogP contribution is 2.37. The number of amides is 1. The summed E-state index contributed by atoms with van der Waals surface area (Å²) in [7, 11) is 0. The lowest BCUT2D eigenvalue weighted by Gasteiger charge is -2.33. The van der Waals surface area contributed by atoms with Crippen molar-refractivity contribution in [3.05, 3.63) is 81.3 Å². The molecule has 1 amide bonds. The second-order valence-electron chi connectivity index (χ2n) is 5.55. The van der Waals surface area contributed by atoms with Crippen LogP contribution in [0.3, 0.4) is 0 Å². The zero-order chi connectivity index (χ0) is 16.9. The van der Waals surface area contributed by atoms with Crippen molar-refractivity contribution in [1.82, 2.24) is 4.90 Å². The number of nitrogens with zero attached hydrogens (tertiary/aromatic N) is 1. The van der Waals surface area contributed by atoms with Gasteiger partial charge in [-0.1, -0.05) is 76.1 Å². The highest BCUT2D eigenvalue weighted by Gasteiger charge is 2.29. The Morgan fingerprint density at radius 2 is 1.96 bits per heavy atom. The fourth-order valence-corrected chi connectivity index (χ4v) is 3.82. The first kappa shape index (κ1) is 17.1. The largest absolute Gasteiger partial charge is 0.445 e. The molecule has 0 saturated carbocycles. The van der Waals surface area contributed by atoms with E-state index in [2.05, 4.69) is 22.0 Å². The molecule has 0 spiro atoms. The van der Waals surface area contributed by atoms with E-state index in [-0.39, 0.29) is 18.7 Å². The molecule has 0 N–H and O–H groups in total. The van der Waals surface area contributed by atoms with Crippen LogP contribution in [0.2, 0.25) is 5.02 Å². The maximum Gasteiger partial charge on any atom is 0.410 e. The van der Waals surface area contributed by atoms with Gasteiger partial charge in [0.05, 0.1) is 6.04 Å². The first-order valence-corrected chi connectivity index (χ1v) is 8.90. The van der Waals surface area contributed by atoms with Gasteiger partial charge in [-0.3, -0.25) is 4.90 Å². The molecule has 1 atom stereocenters. The van der Waals surface area contributed by atoms with Crippen LogP contribution in [0.15, 0.2) is 65.2 Å². The molecule has 1 aliphatic heterocycles. The Hall–Kier alpha value is -1.78. The lowest BCUT2D eigenvalue weighted by molar-refractivity contribution is 0.0831. The molecule has 124 valence electrons. The average molecular weight is 407 g/mol. The van der Waals surface area contributed by atoms with E-state index in [0.29, 0.717) is 18.0 Å². The molecule has 5 heteroatoms. The van der Waals surface area contributed by atoms with Crippen molar-refractivity contribution >= 4 is 33.6 Å². The molecule has 3 nitrogen and oxygen atoms in total. The zero-order valence-corrected chi connectivity index (χ0v) is 15.3. The zero-order valence-electron chi connectivity index (χ0n) is 13.0. The molecule has 0 aliphatic carbocycles. The van der Waals surface area contributed by atoms with Crippen molar-refractivity contribution < 1.29 is 9.53 Å². The molecule has 1 unspecified atom stereocenters. The molecule has 0 saturated heterocycles. The molecular formula is C19H17BrClNO2. The summed E-state index contributed by atoms with van der Waals surface area (Å²) in [4.78, 5) is 14.3. The summed E-state index contributed by atoms with van der Waals surface area (Å²) in [6.45, 7) is 0.770. The second-order valence-corrected chi connectivity index (χ2v) is 6.81. The van der Waals surface area contributed by atoms with E-state index in [0.717, 1.165) is 15.6 Å². The summed E-state index contributed by atoms with van der Waals surface area (Å²) < 4.78 is 6.39. The standard InChI is InChI=1S/C19H17BrClNO2/c20-15-9-6-10-16(21)18(15)17-11-4-5-12-22(17)19(23)24-13-14-7-2-1-3-8-14/h1-10,17H,11-13H2. The number of benzene rings is 2. The molecular weight excluding hydrogens is 390 g/mol. The number of ether oxygens (including phenoxy) is 1. The van der Waals surface area contributed by atoms with E-state index in [1.54, 1.807) is 4.90 Å².